The summed E-state index contributed by atoms with van der Waals surface area (Å²) in [6.45, 7) is 4.20. The van der Waals surface area contributed by atoms with Crippen LogP contribution in [0.25, 0.3) is 0 Å². The van der Waals surface area contributed by atoms with Crippen LogP contribution in [0.1, 0.15) is 26.7 Å². The molecule has 0 saturated heterocycles. The maximum atomic E-state index is 12.7. The minimum absolute atomic E-state index is 0.0512. The highest BCUT2D eigenvalue weighted by Crippen LogP contribution is 2.20. The Bertz CT molecular complexity index is 497. The number of sulfonamides is 1. The van der Waals surface area contributed by atoms with E-state index >= 15 is 0 Å². The smallest absolute Gasteiger partial charge is 0.240 e. The van der Waals surface area contributed by atoms with E-state index in [1.807, 2.05) is 13.8 Å². The normalized spacial score (nSPS) is 12.6. The van der Waals surface area contributed by atoms with E-state index in [2.05, 4.69) is 4.72 Å². The molecule has 0 spiro atoms. The van der Waals surface area contributed by atoms with E-state index < -0.39 is 15.8 Å². The second-order valence-electron chi connectivity index (χ2n) is 5.28. The molecule has 0 aliphatic carbocycles. The Balaban J connectivity index is 2.50. The highest BCUT2D eigenvalue weighted by Gasteiger charge is 2.17. The Morgan fingerprint density at radius 3 is 2.37 bits per heavy atom. The van der Waals surface area contributed by atoms with Gasteiger partial charge in [-0.05, 0) is 42.5 Å². The molecule has 1 aromatic rings. The van der Waals surface area contributed by atoms with Gasteiger partial charge in [0.2, 0.25) is 10.0 Å². The summed E-state index contributed by atoms with van der Waals surface area (Å²) >= 11 is 0. The van der Waals surface area contributed by atoms with Crippen molar-refractivity contribution in [1.29, 1.82) is 0 Å². The number of benzene rings is 1. The van der Waals surface area contributed by atoms with Gasteiger partial charge in [0.05, 0.1) is 4.90 Å². The molecule has 1 aromatic carbocycles. The Labute approximate surface area is 113 Å². The summed E-state index contributed by atoms with van der Waals surface area (Å²) in [5, 5.41) is 9.08. The lowest BCUT2D eigenvalue weighted by molar-refractivity contribution is 0.148. The first-order valence-corrected chi connectivity index (χ1v) is 7.61. The molecule has 108 valence electrons. The number of aliphatic hydroxyl groups is 1. The van der Waals surface area contributed by atoms with Gasteiger partial charge in [-0.1, -0.05) is 13.8 Å². The Hall–Kier alpha value is -0.980. The summed E-state index contributed by atoms with van der Waals surface area (Å²) in [5.74, 6) is -0.469. The van der Waals surface area contributed by atoms with E-state index in [1.165, 1.54) is 12.1 Å². The van der Waals surface area contributed by atoms with Crippen molar-refractivity contribution in [3.63, 3.8) is 0 Å². The molecule has 0 radical (unpaired) electrons. The van der Waals surface area contributed by atoms with Gasteiger partial charge in [0, 0.05) is 13.2 Å². The molecule has 0 atom stereocenters. The molecular weight excluding hydrogens is 269 g/mol. The molecule has 0 amide bonds. The maximum absolute atomic E-state index is 12.7. The van der Waals surface area contributed by atoms with E-state index in [9.17, 15) is 12.8 Å². The molecule has 0 aromatic heterocycles. The first kappa shape index (κ1) is 16.1. The first-order chi connectivity index (χ1) is 8.77. The fourth-order valence-corrected chi connectivity index (χ4v) is 2.62. The molecule has 0 aliphatic rings. The standard InChI is InChI=1S/C13H20FNO3S/c1-13(2,10-16)8-3-9-15-19(17,18)12-6-4-11(14)5-7-12/h4-7,15-16H,3,8-10H2,1-2H3. The van der Waals surface area contributed by atoms with Crippen molar-refractivity contribution in [3.8, 4) is 0 Å². The third-order valence-corrected chi connectivity index (χ3v) is 4.35. The van der Waals surface area contributed by atoms with Crippen LogP contribution in [0, 0.1) is 11.2 Å². The summed E-state index contributed by atoms with van der Waals surface area (Å²) in [7, 11) is -3.58. The zero-order valence-electron chi connectivity index (χ0n) is 11.2. The van der Waals surface area contributed by atoms with Gasteiger partial charge in [0.15, 0.2) is 0 Å². The fraction of sp³-hybridized carbons (Fsp3) is 0.538. The summed E-state index contributed by atoms with van der Waals surface area (Å²) in [6.07, 6.45) is 1.35. The minimum Gasteiger partial charge on any atom is -0.396 e. The molecule has 0 bridgehead atoms. The van der Waals surface area contributed by atoms with Gasteiger partial charge in [0.25, 0.3) is 0 Å². The van der Waals surface area contributed by atoms with Crippen molar-refractivity contribution in [2.75, 3.05) is 13.2 Å². The zero-order chi connectivity index (χ0) is 14.5. The largest absolute Gasteiger partial charge is 0.396 e. The van der Waals surface area contributed by atoms with Crippen molar-refractivity contribution in [2.45, 2.75) is 31.6 Å². The highest BCUT2D eigenvalue weighted by molar-refractivity contribution is 7.89. The predicted octanol–water partition coefficient (Wildman–Crippen LogP) is 1.90. The van der Waals surface area contributed by atoms with Crippen molar-refractivity contribution >= 4 is 10.0 Å². The van der Waals surface area contributed by atoms with Crippen molar-refractivity contribution in [3.05, 3.63) is 30.1 Å². The molecule has 2 N–H and O–H groups in total. The van der Waals surface area contributed by atoms with Gasteiger partial charge in [-0.2, -0.15) is 0 Å². The van der Waals surface area contributed by atoms with Crippen molar-refractivity contribution < 1.29 is 17.9 Å². The van der Waals surface area contributed by atoms with Crippen LogP contribution >= 0.6 is 0 Å². The highest BCUT2D eigenvalue weighted by atomic mass is 32.2. The van der Waals surface area contributed by atoms with Gasteiger partial charge in [-0.15, -0.1) is 0 Å². The molecule has 0 aliphatic heterocycles. The predicted molar refractivity (Wildman–Crippen MR) is 71.7 cm³/mol. The lowest BCUT2D eigenvalue weighted by Crippen LogP contribution is -2.26. The number of rotatable bonds is 7. The number of aliphatic hydroxyl groups excluding tert-OH is 1. The SMILES string of the molecule is CC(C)(CO)CCCNS(=O)(=O)c1ccc(F)cc1. The topological polar surface area (TPSA) is 66.4 Å². The van der Waals surface area contributed by atoms with Gasteiger partial charge < -0.3 is 5.11 Å². The van der Waals surface area contributed by atoms with Crippen molar-refractivity contribution in [2.24, 2.45) is 5.41 Å². The van der Waals surface area contributed by atoms with Crippen LogP contribution in [0.2, 0.25) is 0 Å². The van der Waals surface area contributed by atoms with E-state index in [-0.39, 0.29) is 16.9 Å². The molecule has 19 heavy (non-hydrogen) atoms. The van der Waals surface area contributed by atoms with Crippen molar-refractivity contribution in [1.82, 2.24) is 4.72 Å². The van der Waals surface area contributed by atoms with E-state index in [0.717, 1.165) is 18.6 Å². The van der Waals surface area contributed by atoms with Crippen LogP contribution in [0.5, 0.6) is 0 Å². The van der Waals surface area contributed by atoms with E-state index in [0.29, 0.717) is 13.0 Å². The Morgan fingerprint density at radius 1 is 1.26 bits per heavy atom. The van der Waals surface area contributed by atoms with Crippen LogP contribution in [-0.2, 0) is 10.0 Å². The third kappa shape index (κ3) is 5.26. The van der Waals surface area contributed by atoms with Crippen LogP contribution in [0.3, 0.4) is 0 Å². The van der Waals surface area contributed by atoms with Crippen LogP contribution in [-0.4, -0.2) is 26.7 Å². The maximum Gasteiger partial charge on any atom is 0.240 e. The average molecular weight is 289 g/mol. The lowest BCUT2D eigenvalue weighted by atomic mass is 9.89. The Kier molecular flexibility index (Phi) is 5.46. The summed E-state index contributed by atoms with van der Waals surface area (Å²) in [5.41, 5.74) is -0.207. The van der Waals surface area contributed by atoms with Gasteiger partial charge in [-0.25, -0.2) is 17.5 Å². The van der Waals surface area contributed by atoms with Gasteiger partial charge >= 0.3 is 0 Å². The molecular formula is C13H20FNO3S. The second-order valence-corrected chi connectivity index (χ2v) is 7.04. The molecule has 0 heterocycles. The summed E-state index contributed by atoms with van der Waals surface area (Å²) < 4.78 is 38.9. The number of hydrogen-bond donors (Lipinski definition) is 2. The molecule has 0 saturated carbocycles. The quantitative estimate of drug-likeness (QED) is 0.753. The van der Waals surface area contributed by atoms with Crippen LogP contribution in [0.15, 0.2) is 29.2 Å². The average Bonchev–Trinajstić information content (AvgIpc) is 2.35. The van der Waals surface area contributed by atoms with Gasteiger partial charge in [0.1, 0.15) is 5.82 Å². The minimum atomic E-state index is -3.58. The zero-order valence-corrected chi connectivity index (χ0v) is 12.0. The van der Waals surface area contributed by atoms with Gasteiger partial charge in [-0.3, -0.25) is 0 Å². The van der Waals surface area contributed by atoms with E-state index in [4.69, 9.17) is 5.11 Å². The lowest BCUT2D eigenvalue weighted by Gasteiger charge is -2.21. The summed E-state index contributed by atoms with van der Waals surface area (Å²) in [6, 6.07) is 4.69. The summed E-state index contributed by atoms with van der Waals surface area (Å²) in [4.78, 5) is 0.0512. The first-order valence-electron chi connectivity index (χ1n) is 6.13. The molecule has 4 nitrogen and oxygen atoms in total. The monoisotopic (exact) mass is 289 g/mol. The number of nitrogens with one attached hydrogen (secondary N) is 1. The molecule has 1 rings (SSSR count). The molecule has 0 unspecified atom stereocenters. The molecule has 6 heteroatoms. The molecule has 0 fully saturated rings. The van der Waals surface area contributed by atoms with Crippen LogP contribution in [0.4, 0.5) is 4.39 Å². The number of halogens is 1. The third-order valence-electron chi connectivity index (χ3n) is 2.87. The second kappa shape index (κ2) is 6.45. The fourth-order valence-electron chi connectivity index (χ4n) is 1.55. The Morgan fingerprint density at radius 2 is 1.84 bits per heavy atom. The van der Waals surface area contributed by atoms with Crippen LogP contribution < -0.4 is 4.72 Å². The van der Waals surface area contributed by atoms with E-state index in [1.54, 1.807) is 0 Å². The number of hydrogen-bond acceptors (Lipinski definition) is 3.